The molecule has 0 aliphatic carbocycles. The first kappa shape index (κ1) is 15.7. The number of halogens is 1. The van der Waals surface area contributed by atoms with E-state index in [0.29, 0.717) is 0 Å². The van der Waals surface area contributed by atoms with E-state index in [9.17, 15) is 0 Å². The van der Waals surface area contributed by atoms with Crippen LogP contribution >= 0.6 is 11.1 Å². The third kappa shape index (κ3) is 140. The van der Waals surface area contributed by atoms with Gasteiger partial charge in [-0.05, 0) is 0 Å². The van der Waals surface area contributed by atoms with Crippen LogP contribution in [0.15, 0.2) is 0 Å². The molecule has 0 aliphatic rings. The standard InChI is InChI=1S/C3H9ClSi.BH4.Li/c1-5(2,3)4;;/h1-3H3;1H4;/q;-1;+1. The Morgan fingerprint density at radius 2 is 1.14 bits per heavy atom. The Kier molecular flexibility index (Phi) is 11.9. The van der Waals surface area contributed by atoms with Crippen molar-refractivity contribution >= 4 is 26.9 Å². The Morgan fingerprint density at radius 1 is 1.14 bits per heavy atom. The van der Waals surface area contributed by atoms with Crippen molar-refractivity contribution in [2.45, 2.75) is 19.6 Å². The molecule has 0 unspecified atom stereocenters. The summed E-state index contributed by atoms with van der Waals surface area (Å²) in [6.07, 6.45) is 0. The summed E-state index contributed by atoms with van der Waals surface area (Å²) >= 11 is 5.67. The summed E-state index contributed by atoms with van der Waals surface area (Å²) in [5.74, 6) is 0. The summed E-state index contributed by atoms with van der Waals surface area (Å²) in [6.45, 7) is 6.28. The van der Waals surface area contributed by atoms with Crippen LogP contribution in [0.5, 0.6) is 0 Å². The van der Waals surface area contributed by atoms with Crippen molar-refractivity contribution in [3.63, 3.8) is 0 Å². The van der Waals surface area contributed by atoms with E-state index in [-0.39, 0.29) is 27.3 Å². The molecule has 0 aliphatic heterocycles. The van der Waals surface area contributed by atoms with Crippen LogP contribution in [0.3, 0.4) is 0 Å². The summed E-state index contributed by atoms with van der Waals surface area (Å²) in [7, 11) is -1.14. The van der Waals surface area contributed by atoms with Gasteiger partial charge in [-0.2, -0.15) is 11.1 Å². The van der Waals surface area contributed by atoms with Gasteiger partial charge in [0.1, 0.15) is 7.38 Å². The van der Waals surface area contributed by atoms with Crippen LogP contribution in [-0.4, -0.2) is 15.8 Å². The Labute approximate surface area is 65.5 Å². The fraction of sp³-hybridized carbons (Fsp3) is 1.00. The van der Waals surface area contributed by atoms with Crippen LogP contribution in [-0.2, 0) is 0 Å². The van der Waals surface area contributed by atoms with Gasteiger partial charge in [-0.25, -0.2) is 0 Å². The SMILES string of the molecule is C[Si](C)(C)Cl.[BH4-].[Li+]. The molecule has 0 radical (unpaired) electrons. The fourth-order valence-electron chi connectivity index (χ4n) is 0. The van der Waals surface area contributed by atoms with Gasteiger partial charge in [0, 0.05) is 0 Å². The van der Waals surface area contributed by atoms with E-state index in [2.05, 4.69) is 19.6 Å². The van der Waals surface area contributed by atoms with E-state index in [1.807, 2.05) is 0 Å². The van der Waals surface area contributed by atoms with Crippen molar-refractivity contribution < 1.29 is 18.9 Å². The van der Waals surface area contributed by atoms with E-state index in [1.54, 1.807) is 0 Å². The van der Waals surface area contributed by atoms with Crippen molar-refractivity contribution in [3.8, 4) is 0 Å². The van der Waals surface area contributed by atoms with Gasteiger partial charge in [-0.15, -0.1) is 0 Å². The molecule has 4 heteroatoms. The van der Waals surface area contributed by atoms with Crippen LogP contribution in [0, 0.1) is 0 Å². The Bertz CT molecular complexity index is 30.4. The predicted octanol–water partition coefficient (Wildman–Crippen LogP) is -2.39. The second-order valence-corrected chi connectivity index (χ2v) is 9.60. The first-order valence-electron chi connectivity index (χ1n) is 1.69. The second-order valence-electron chi connectivity index (χ2n) is 2.07. The number of hydrogen-bond acceptors (Lipinski definition) is 0. The van der Waals surface area contributed by atoms with Crippen molar-refractivity contribution in [1.82, 2.24) is 0 Å². The smallest absolute Gasteiger partial charge is 0.168 e. The van der Waals surface area contributed by atoms with Gasteiger partial charge in [0.25, 0.3) is 0 Å². The summed E-state index contributed by atoms with van der Waals surface area (Å²) in [6, 6.07) is 0. The topological polar surface area (TPSA) is 0 Å². The molecule has 0 aromatic carbocycles. The molecule has 40 valence electrons. The maximum absolute atomic E-state index is 5.67. The molecule has 0 bridgehead atoms. The predicted molar refractivity (Wildman–Crippen MR) is 40.5 cm³/mol. The van der Waals surface area contributed by atoms with Crippen LogP contribution in [0.25, 0.3) is 0 Å². The van der Waals surface area contributed by atoms with Crippen LogP contribution < -0.4 is 18.9 Å². The molecule has 0 saturated heterocycles. The Morgan fingerprint density at radius 3 is 1.14 bits per heavy atom. The monoisotopic (exact) mass is 130 g/mol. The van der Waals surface area contributed by atoms with Gasteiger partial charge in [0.2, 0.25) is 0 Å². The van der Waals surface area contributed by atoms with Gasteiger partial charge in [-0.3, -0.25) is 0 Å². The number of rotatable bonds is 0. The van der Waals surface area contributed by atoms with Crippen LogP contribution in [0.1, 0.15) is 0 Å². The van der Waals surface area contributed by atoms with Crippen molar-refractivity contribution in [2.75, 3.05) is 0 Å². The molecule has 0 atom stereocenters. The molecule has 0 heterocycles. The average Bonchev–Trinajstić information content (AvgIpc) is 0.722. The average molecular weight is 130 g/mol. The minimum atomic E-state index is -1.14. The molecule has 0 spiro atoms. The molecule has 0 aromatic rings. The summed E-state index contributed by atoms with van der Waals surface area (Å²) < 4.78 is 0. The van der Waals surface area contributed by atoms with E-state index in [1.165, 1.54) is 0 Å². The molecule has 0 fully saturated rings. The normalized spacial score (nSPS) is 8.57. The quantitative estimate of drug-likeness (QED) is 0.254. The van der Waals surface area contributed by atoms with Gasteiger partial charge in [0.15, 0.2) is 0 Å². The van der Waals surface area contributed by atoms with Crippen molar-refractivity contribution in [3.05, 3.63) is 0 Å². The van der Waals surface area contributed by atoms with Crippen LogP contribution in [0.4, 0.5) is 0 Å². The van der Waals surface area contributed by atoms with E-state index in [0.717, 1.165) is 0 Å². The molecule has 0 aromatic heterocycles. The van der Waals surface area contributed by atoms with Gasteiger partial charge in [0.05, 0.1) is 0 Å². The molecule has 0 rings (SSSR count). The Hall–Kier alpha value is 1.17. The first-order valence-corrected chi connectivity index (χ1v) is 6.20. The van der Waals surface area contributed by atoms with Gasteiger partial charge in [-0.1, -0.05) is 28.1 Å². The van der Waals surface area contributed by atoms with Gasteiger partial charge < -0.3 is 0 Å². The zero-order chi connectivity index (χ0) is 4.50. The van der Waals surface area contributed by atoms with Crippen molar-refractivity contribution in [1.29, 1.82) is 0 Å². The van der Waals surface area contributed by atoms with E-state index >= 15 is 0 Å². The van der Waals surface area contributed by atoms with Crippen molar-refractivity contribution in [2.24, 2.45) is 0 Å². The summed E-state index contributed by atoms with van der Waals surface area (Å²) in [5, 5.41) is 0. The minimum absolute atomic E-state index is 0. The first-order chi connectivity index (χ1) is 2.00. The van der Waals surface area contributed by atoms with Gasteiger partial charge >= 0.3 is 18.9 Å². The molecular weight excluding hydrogens is 117 g/mol. The zero-order valence-electron chi connectivity index (χ0n) is 4.88. The van der Waals surface area contributed by atoms with Crippen LogP contribution in [0.2, 0.25) is 19.6 Å². The Balaban J connectivity index is -0.0000000800. The largest absolute Gasteiger partial charge is 1.00 e. The van der Waals surface area contributed by atoms with E-state index in [4.69, 9.17) is 11.1 Å². The maximum atomic E-state index is 5.67. The molecule has 0 N–H and O–H groups in total. The number of hydrogen-bond donors (Lipinski definition) is 0. The van der Waals surface area contributed by atoms with E-state index < -0.39 is 7.38 Å². The molecule has 7 heavy (non-hydrogen) atoms. The maximum Gasteiger partial charge on any atom is 1.00 e. The minimum Gasteiger partial charge on any atom is -0.168 e. The summed E-state index contributed by atoms with van der Waals surface area (Å²) in [4.78, 5) is 0. The molecule has 0 amide bonds. The zero-order valence-corrected chi connectivity index (χ0v) is 6.63. The second kappa shape index (κ2) is 5.31. The summed E-state index contributed by atoms with van der Waals surface area (Å²) in [5.41, 5.74) is 0. The molecular formula is C3H13BClLiSi. The third-order valence-electron chi connectivity index (χ3n) is 0. The fourth-order valence-corrected chi connectivity index (χ4v) is 0. The molecule has 0 nitrogen and oxygen atoms in total. The molecule has 0 saturated carbocycles. The third-order valence-corrected chi connectivity index (χ3v) is 0.